The van der Waals surface area contributed by atoms with Gasteiger partial charge in [-0.3, -0.25) is 4.79 Å². The molecule has 2 fully saturated rings. The Bertz CT molecular complexity index is 930. The van der Waals surface area contributed by atoms with E-state index in [1.54, 1.807) is 6.07 Å². The maximum Gasteiger partial charge on any atom is 0.251 e. The molecule has 0 radical (unpaired) electrons. The van der Waals surface area contributed by atoms with Crippen LogP contribution < -0.4 is 5.56 Å². The fourth-order valence-electron chi connectivity index (χ4n) is 5.65. The molecule has 3 nitrogen and oxygen atoms in total. The third-order valence-electron chi connectivity index (χ3n) is 7.09. The van der Waals surface area contributed by atoms with E-state index in [2.05, 4.69) is 11.0 Å². The second-order valence-corrected chi connectivity index (χ2v) is 9.30. The number of aromatic nitrogens is 1. The average molecular weight is 398 g/mol. The molecule has 2 atom stereocenters. The van der Waals surface area contributed by atoms with Crippen LogP contribution in [0.5, 0.6) is 0 Å². The van der Waals surface area contributed by atoms with Gasteiger partial charge in [-0.2, -0.15) is 0 Å². The lowest BCUT2D eigenvalue weighted by atomic mass is 9.81. The highest BCUT2D eigenvalue weighted by molar-refractivity contribution is 5.63. The molecule has 5 rings (SSSR count). The summed E-state index contributed by atoms with van der Waals surface area (Å²) in [5, 5.41) is 0. The second-order valence-electron chi connectivity index (χ2n) is 9.30. The molecule has 1 aromatic carbocycles. The molecule has 3 heterocycles. The molecular weight excluding hydrogens is 370 g/mol. The summed E-state index contributed by atoms with van der Waals surface area (Å²) in [5.74, 6) is -1.25. The van der Waals surface area contributed by atoms with E-state index in [4.69, 9.17) is 0 Å². The zero-order valence-corrected chi connectivity index (χ0v) is 16.7. The van der Waals surface area contributed by atoms with Crippen LogP contribution in [0.1, 0.15) is 43.7 Å². The molecule has 1 saturated heterocycles. The summed E-state index contributed by atoms with van der Waals surface area (Å²) < 4.78 is 28.9. The van der Waals surface area contributed by atoms with Crippen LogP contribution in [0.3, 0.4) is 0 Å². The lowest BCUT2D eigenvalue weighted by molar-refractivity contribution is -0.0506. The smallest absolute Gasteiger partial charge is 0.251 e. The summed E-state index contributed by atoms with van der Waals surface area (Å²) in [6, 6.07) is 14.0. The third kappa shape index (κ3) is 3.89. The van der Waals surface area contributed by atoms with Crippen LogP contribution in [-0.4, -0.2) is 35.0 Å². The van der Waals surface area contributed by atoms with Gasteiger partial charge in [-0.1, -0.05) is 30.3 Å². The maximum absolute atomic E-state index is 13.5. The van der Waals surface area contributed by atoms with Crippen LogP contribution in [-0.2, 0) is 6.54 Å². The van der Waals surface area contributed by atoms with Crippen molar-refractivity contribution in [3.63, 3.8) is 0 Å². The van der Waals surface area contributed by atoms with Gasteiger partial charge in [0, 0.05) is 56.7 Å². The Hall–Kier alpha value is -2.01. The number of rotatable bonds is 3. The number of halogens is 2. The van der Waals surface area contributed by atoms with Crippen molar-refractivity contribution < 1.29 is 8.78 Å². The lowest BCUT2D eigenvalue weighted by Crippen LogP contribution is -2.48. The minimum absolute atomic E-state index is 0.0387. The lowest BCUT2D eigenvalue weighted by Gasteiger charge is -2.44. The van der Waals surface area contributed by atoms with Gasteiger partial charge in [-0.25, -0.2) is 8.78 Å². The first-order chi connectivity index (χ1) is 14.0. The molecule has 0 spiro atoms. The topological polar surface area (TPSA) is 25.2 Å². The van der Waals surface area contributed by atoms with Crippen LogP contribution in [0, 0.1) is 11.8 Å². The summed E-state index contributed by atoms with van der Waals surface area (Å²) >= 11 is 0. The van der Waals surface area contributed by atoms with Crippen LogP contribution in [0.2, 0.25) is 0 Å². The van der Waals surface area contributed by atoms with Gasteiger partial charge < -0.3 is 9.47 Å². The number of likely N-dealkylation sites (tertiary alicyclic amines) is 1. The van der Waals surface area contributed by atoms with Crippen molar-refractivity contribution in [1.29, 1.82) is 0 Å². The predicted octanol–water partition coefficient (Wildman–Crippen LogP) is 4.76. The number of hydrogen-bond donors (Lipinski definition) is 0. The van der Waals surface area contributed by atoms with E-state index < -0.39 is 5.92 Å². The van der Waals surface area contributed by atoms with E-state index >= 15 is 0 Å². The Labute approximate surface area is 170 Å². The normalized spacial score (nSPS) is 26.8. The summed E-state index contributed by atoms with van der Waals surface area (Å²) in [4.78, 5) is 15.3. The zero-order valence-electron chi connectivity index (χ0n) is 16.7. The summed E-state index contributed by atoms with van der Waals surface area (Å²) in [7, 11) is 0. The standard InChI is InChI=1S/C24H28F2N2O/c25-24(26)8-6-17(7-9-24)13-27-14-18-10-21(16-27)22-11-20(12-23(29)28(22)15-18)19-4-2-1-3-5-19/h1-5,11-12,17-18,21H,6-10,13-16H2/t18-,21+/m0/s1. The maximum atomic E-state index is 13.5. The van der Waals surface area contributed by atoms with Crippen LogP contribution >= 0.6 is 0 Å². The number of nitrogens with zero attached hydrogens (tertiary/aromatic N) is 2. The number of fused-ring (bicyclic) bond motifs is 4. The Balaban J connectivity index is 1.36. The van der Waals surface area contributed by atoms with E-state index in [9.17, 15) is 13.6 Å². The monoisotopic (exact) mass is 398 g/mol. The summed E-state index contributed by atoms with van der Waals surface area (Å²) in [6.07, 6.45) is 2.46. The quantitative estimate of drug-likeness (QED) is 0.745. The van der Waals surface area contributed by atoms with Crippen LogP contribution in [0.25, 0.3) is 11.1 Å². The first-order valence-electron chi connectivity index (χ1n) is 10.9. The molecule has 2 bridgehead atoms. The Morgan fingerprint density at radius 3 is 2.48 bits per heavy atom. The SMILES string of the molecule is O=c1cc(-c2ccccc2)cc2n1C[C@H]1C[C@@H]2CN(CC2CCC(F)(F)CC2)C1. The largest absolute Gasteiger partial charge is 0.312 e. The molecule has 3 aliphatic rings. The van der Waals surface area contributed by atoms with Crippen molar-refractivity contribution in [2.45, 2.75) is 50.5 Å². The van der Waals surface area contributed by atoms with Crippen molar-refractivity contribution in [1.82, 2.24) is 9.47 Å². The van der Waals surface area contributed by atoms with Crippen LogP contribution in [0.4, 0.5) is 8.78 Å². The Morgan fingerprint density at radius 2 is 1.72 bits per heavy atom. The number of alkyl halides is 2. The number of hydrogen-bond acceptors (Lipinski definition) is 2. The van der Waals surface area contributed by atoms with Gasteiger partial charge in [0.15, 0.2) is 0 Å². The fourth-order valence-corrected chi connectivity index (χ4v) is 5.65. The Kier molecular flexibility index (Phi) is 4.81. The van der Waals surface area contributed by atoms with Crippen molar-refractivity contribution >= 4 is 0 Å². The highest BCUT2D eigenvalue weighted by Gasteiger charge is 2.38. The van der Waals surface area contributed by atoms with E-state index in [1.807, 2.05) is 34.9 Å². The van der Waals surface area contributed by atoms with Gasteiger partial charge in [-0.05, 0) is 48.3 Å². The zero-order chi connectivity index (χ0) is 20.0. The van der Waals surface area contributed by atoms with Crippen molar-refractivity contribution in [2.24, 2.45) is 11.8 Å². The first-order valence-corrected chi connectivity index (χ1v) is 10.9. The molecule has 0 unspecified atom stereocenters. The second kappa shape index (κ2) is 7.35. The van der Waals surface area contributed by atoms with Crippen LogP contribution in [0.15, 0.2) is 47.3 Å². The van der Waals surface area contributed by atoms with E-state index in [0.717, 1.165) is 49.4 Å². The van der Waals surface area contributed by atoms with Gasteiger partial charge in [0.2, 0.25) is 5.92 Å². The molecule has 154 valence electrons. The molecule has 29 heavy (non-hydrogen) atoms. The minimum atomic E-state index is -2.46. The van der Waals surface area contributed by atoms with E-state index in [-0.39, 0.29) is 18.4 Å². The molecule has 5 heteroatoms. The highest BCUT2D eigenvalue weighted by atomic mass is 19.3. The van der Waals surface area contributed by atoms with Gasteiger partial charge >= 0.3 is 0 Å². The van der Waals surface area contributed by atoms with Gasteiger partial charge in [0.25, 0.3) is 5.56 Å². The molecular formula is C24H28F2N2O. The van der Waals surface area contributed by atoms with Crippen molar-refractivity contribution in [2.75, 3.05) is 19.6 Å². The summed E-state index contributed by atoms with van der Waals surface area (Å²) in [5.41, 5.74) is 3.31. The first kappa shape index (κ1) is 19.0. The molecule has 1 saturated carbocycles. The molecule has 1 aliphatic carbocycles. The number of benzene rings is 1. The summed E-state index contributed by atoms with van der Waals surface area (Å²) in [6.45, 7) is 3.61. The van der Waals surface area contributed by atoms with E-state index in [1.165, 1.54) is 0 Å². The third-order valence-corrected chi connectivity index (χ3v) is 7.09. The van der Waals surface area contributed by atoms with Gasteiger partial charge in [-0.15, -0.1) is 0 Å². The average Bonchev–Trinajstić information content (AvgIpc) is 2.71. The number of pyridine rings is 1. The minimum Gasteiger partial charge on any atom is -0.312 e. The Morgan fingerprint density at radius 1 is 0.966 bits per heavy atom. The molecule has 2 aliphatic heterocycles. The fraction of sp³-hybridized carbons (Fsp3) is 0.542. The predicted molar refractivity (Wildman–Crippen MR) is 110 cm³/mol. The highest BCUT2D eigenvalue weighted by Crippen LogP contribution is 2.39. The van der Waals surface area contributed by atoms with Crippen molar-refractivity contribution in [3.8, 4) is 11.1 Å². The van der Waals surface area contributed by atoms with Gasteiger partial charge in [0.1, 0.15) is 0 Å². The molecule has 0 N–H and O–H groups in total. The van der Waals surface area contributed by atoms with Gasteiger partial charge in [0.05, 0.1) is 0 Å². The number of piperidine rings is 1. The molecule has 2 aromatic rings. The van der Waals surface area contributed by atoms with E-state index in [0.29, 0.717) is 30.6 Å². The molecule has 1 aromatic heterocycles. The van der Waals surface area contributed by atoms with Crippen molar-refractivity contribution in [3.05, 3.63) is 58.5 Å². The molecule has 0 amide bonds.